The Morgan fingerprint density at radius 2 is 2.19 bits per heavy atom. The number of hydrogen-bond acceptors (Lipinski definition) is 3. The van der Waals surface area contributed by atoms with Crippen molar-refractivity contribution >= 4 is 27.3 Å². The molecule has 0 bridgehead atoms. The minimum atomic E-state index is 0.157. The molecule has 0 saturated carbocycles. The van der Waals surface area contributed by atoms with Crippen LogP contribution in [0.3, 0.4) is 0 Å². The van der Waals surface area contributed by atoms with Gasteiger partial charge in [-0.15, -0.1) is 11.3 Å². The van der Waals surface area contributed by atoms with Crippen LogP contribution in [0, 0.1) is 12.8 Å². The standard InChI is InChI=1S/C17H22N2OS/c1-11-14-7-3-4-8-15(14)21-16(11)17(20)19-9-5-6-13(10-19)12(2)18/h3-4,7-8,12-13H,5-6,9-10,18H2,1-2H3. The van der Waals surface area contributed by atoms with Crippen molar-refractivity contribution in [1.29, 1.82) is 0 Å². The van der Waals surface area contributed by atoms with E-state index in [1.165, 1.54) is 10.1 Å². The molecule has 21 heavy (non-hydrogen) atoms. The largest absolute Gasteiger partial charge is 0.338 e. The summed E-state index contributed by atoms with van der Waals surface area (Å²) in [5, 5.41) is 1.20. The Morgan fingerprint density at radius 3 is 2.90 bits per heavy atom. The fraction of sp³-hybridized carbons (Fsp3) is 0.471. The summed E-state index contributed by atoms with van der Waals surface area (Å²) in [6.45, 7) is 5.75. The Kier molecular flexibility index (Phi) is 4.00. The van der Waals surface area contributed by atoms with Crippen molar-refractivity contribution in [3.05, 3.63) is 34.7 Å². The van der Waals surface area contributed by atoms with Gasteiger partial charge in [0.15, 0.2) is 0 Å². The van der Waals surface area contributed by atoms with Gasteiger partial charge in [0.2, 0.25) is 0 Å². The Morgan fingerprint density at radius 1 is 1.43 bits per heavy atom. The number of amides is 1. The number of nitrogens with two attached hydrogens (primary N) is 1. The first kappa shape index (κ1) is 14.5. The molecule has 1 aliphatic heterocycles. The van der Waals surface area contributed by atoms with Gasteiger partial charge in [0.1, 0.15) is 0 Å². The lowest BCUT2D eigenvalue weighted by Crippen LogP contribution is -2.45. The number of carbonyl (C=O) groups excluding carboxylic acids is 1. The molecule has 0 radical (unpaired) electrons. The van der Waals surface area contributed by atoms with Crippen molar-refractivity contribution in [1.82, 2.24) is 4.90 Å². The fourth-order valence-electron chi connectivity index (χ4n) is 3.15. The molecule has 3 rings (SSSR count). The van der Waals surface area contributed by atoms with Gasteiger partial charge < -0.3 is 10.6 Å². The van der Waals surface area contributed by atoms with E-state index in [1.807, 2.05) is 24.0 Å². The SMILES string of the molecule is Cc1c(C(=O)N2CCCC(C(C)N)C2)sc2ccccc12. The minimum absolute atomic E-state index is 0.157. The first-order valence-electron chi connectivity index (χ1n) is 7.61. The second-order valence-corrected chi connectivity index (χ2v) is 7.12. The molecule has 2 unspecified atom stereocenters. The average molecular weight is 302 g/mol. The number of nitrogens with zero attached hydrogens (tertiary/aromatic N) is 1. The molecule has 2 aromatic rings. The molecule has 1 fully saturated rings. The highest BCUT2D eigenvalue weighted by atomic mass is 32.1. The fourth-order valence-corrected chi connectivity index (χ4v) is 4.32. The molecule has 2 atom stereocenters. The second kappa shape index (κ2) is 5.78. The predicted octanol–water partition coefficient (Wildman–Crippen LogP) is 3.41. The molecule has 2 N–H and O–H groups in total. The molecule has 4 heteroatoms. The smallest absolute Gasteiger partial charge is 0.264 e. The maximum atomic E-state index is 12.9. The second-order valence-electron chi connectivity index (χ2n) is 6.06. The highest BCUT2D eigenvalue weighted by molar-refractivity contribution is 7.21. The normalized spacial score (nSPS) is 20.7. The third-order valence-electron chi connectivity index (χ3n) is 4.53. The van der Waals surface area contributed by atoms with E-state index in [4.69, 9.17) is 5.73 Å². The summed E-state index contributed by atoms with van der Waals surface area (Å²) in [4.78, 5) is 15.7. The predicted molar refractivity (Wildman–Crippen MR) is 88.8 cm³/mol. The summed E-state index contributed by atoms with van der Waals surface area (Å²) in [6.07, 6.45) is 2.19. The molecule has 112 valence electrons. The van der Waals surface area contributed by atoms with Gasteiger partial charge in [-0.3, -0.25) is 4.79 Å². The lowest BCUT2D eigenvalue weighted by molar-refractivity contribution is 0.0665. The number of likely N-dealkylation sites (tertiary alicyclic amines) is 1. The average Bonchev–Trinajstić information content (AvgIpc) is 2.84. The quantitative estimate of drug-likeness (QED) is 0.924. The maximum absolute atomic E-state index is 12.9. The van der Waals surface area contributed by atoms with Crippen LogP contribution >= 0.6 is 11.3 Å². The molecule has 1 aliphatic rings. The first-order valence-corrected chi connectivity index (χ1v) is 8.42. The Labute approximate surface area is 129 Å². The summed E-state index contributed by atoms with van der Waals surface area (Å²) >= 11 is 1.61. The maximum Gasteiger partial charge on any atom is 0.264 e. The molecule has 1 aromatic carbocycles. The Balaban J connectivity index is 1.88. The van der Waals surface area contributed by atoms with Crippen LogP contribution in [0.4, 0.5) is 0 Å². The molecule has 3 nitrogen and oxygen atoms in total. The monoisotopic (exact) mass is 302 g/mol. The Bertz CT molecular complexity index is 662. The molecule has 2 heterocycles. The zero-order chi connectivity index (χ0) is 15.0. The summed E-state index contributed by atoms with van der Waals surface area (Å²) in [5.41, 5.74) is 7.14. The lowest BCUT2D eigenvalue weighted by Gasteiger charge is -2.34. The summed E-state index contributed by atoms with van der Waals surface area (Å²) < 4.78 is 1.19. The van der Waals surface area contributed by atoms with Gasteiger partial charge in [-0.05, 0) is 49.6 Å². The lowest BCUT2D eigenvalue weighted by atomic mass is 9.92. The van der Waals surface area contributed by atoms with Crippen molar-refractivity contribution in [2.75, 3.05) is 13.1 Å². The number of hydrogen-bond donors (Lipinski definition) is 1. The Hall–Kier alpha value is -1.39. The highest BCUT2D eigenvalue weighted by Crippen LogP contribution is 2.32. The third kappa shape index (κ3) is 2.70. The van der Waals surface area contributed by atoms with E-state index >= 15 is 0 Å². The molecule has 1 saturated heterocycles. The van der Waals surface area contributed by atoms with E-state index in [1.54, 1.807) is 11.3 Å². The van der Waals surface area contributed by atoms with Crippen LogP contribution in [0.1, 0.15) is 35.0 Å². The van der Waals surface area contributed by atoms with Gasteiger partial charge in [0.25, 0.3) is 5.91 Å². The number of thiophene rings is 1. The summed E-state index contributed by atoms with van der Waals surface area (Å²) in [5.74, 6) is 0.608. The molecular formula is C17H22N2OS. The first-order chi connectivity index (χ1) is 10.1. The van der Waals surface area contributed by atoms with Crippen molar-refractivity contribution in [2.24, 2.45) is 11.7 Å². The minimum Gasteiger partial charge on any atom is -0.338 e. The van der Waals surface area contributed by atoms with Gasteiger partial charge >= 0.3 is 0 Å². The van der Waals surface area contributed by atoms with E-state index in [0.717, 1.165) is 36.4 Å². The van der Waals surface area contributed by atoms with Crippen LogP contribution in [0.25, 0.3) is 10.1 Å². The van der Waals surface area contributed by atoms with Gasteiger partial charge in [-0.1, -0.05) is 18.2 Å². The van der Waals surface area contributed by atoms with E-state index in [2.05, 4.69) is 19.1 Å². The molecule has 1 aromatic heterocycles. The van der Waals surface area contributed by atoms with Gasteiger partial charge in [-0.2, -0.15) is 0 Å². The van der Waals surface area contributed by atoms with E-state index in [0.29, 0.717) is 5.92 Å². The van der Waals surface area contributed by atoms with Crippen LogP contribution in [-0.2, 0) is 0 Å². The molecule has 0 spiro atoms. The number of benzene rings is 1. The van der Waals surface area contributed by atoms with Crippen LogP contribution < -0.4 is 5.73 Å². The van der Waals surface area contributed by atoms with E-state index in [-0.39, 0.29) is 11.9 Å². The van der Waals surface area contributed by atoms with Gasteiger partial charge in [-0.25, -0.2) is 0 Å². The topological polar surface area (TPSA) is 46.3 Å². The summed E-state index contributed by atoms with van der Waals surface area (Å²) in [7, 11) is 0. The molecule has 0 aliphatic carbocycles. The van der Waals surface area contributed by atoms with Crippen LogP contribution in [-0.4, -0.2) is 29.9 Å². The van der Waals surface area contributed by atoms with Crippen LogP contribution in [0.15, 0.2) is 24.3 Å². The number of rotatable bonds is 2. The van der Waals surface area contributed by atoms with Crippen molar-refractivity contribution < 1.29 is 4.79 Å². The number of fused-ring (bicyclic) bond motifs is 1. The zero-order valence-electron chi connectivity index (χ0n) is 12.6. The van der Waals surface area contributed by atoms with Gasteiger partial charge in [0.05, 0.1) is 4.88 Å². The van der Waals surface area contributed by atoms with Crippen molar-refractivity contribution in [2.45, 2.75) is 32.7 Å². The number of piperidine rings is 1. The zero-order valence-corrected chi connectivity index (χ0v) is 13.5. The van der Waals surface area contributed by atoms with E-state index in [9.17, 15) is 4.79 Å². The number of carbonyl (C=O) groups is 1. The third-order valence-corrected chi connectivity index (χ3v) is 5.79. The molecular weight excluding hydrogens is 280 g/mol. The van der Waals surface area contributed by atoms with Crippen LogP contribution in [0.5, 0.6) is 0 Å². The van der Waals surface area contributed by atoms with Crippen molar-refractivity contribution in [3.63, 3.8) is 0 Å². The van der Waals surface area contributed by atoms with Crippen molar-refractivity contribution in [3.8, 4) is 0 Å². The molecule has 1 amide bonds. The van der Waals surface area contributed by atoms with Gasteiger partial charge in [0, 0.05) is 23.8 Å². The number of aryl methyl sites for hydroxylation is 1. The van der Waals surface area contributed by atoms with E-state index < -0.39 is 0 Å². The van der Waals surface area contributed by atoms with Crippen LogP contribution in [0.2, 0.25) is 0 Å². The summed E-state index contributed by atoms with van der Waals surface area (Å²) in [6, 6.07) is 8.40. The highest BCUT2D eigenvalue weighted by Gasteiger charge is 2.28.